The summed E-state index contributed by atoms with van der Waals surface area (Å²) in [5, 5.41) is 2.82. The van der Waals surface area contributed by atoms with E-state index in [4.69, 9.17) is 15.2 Å². The number of fused-ring (bicyclic) bond motifs is 1. The minimum absolute atomic E-state index is 0.167. The van der Waals surface area contributed by atoms with Crippen LogP contribution in [0.2, 0.25) is 0 Å². The van der Waals surface area contributed by atoms with Crippen molar-refractivity contribution in [2.75, 3.05) is 19.0 Å². The molecule has 3 rings (SSSR count). The second kappa shape index (κ2) is 8.64. The van der Waals surface area contributed by atoms with E-state index in [0.717, 1.165) is 11.1 Å². The molecule has 3 amide bonds. The van der Waals surface area contributed by atoms with Gasteiger partial charge in [-0.15, -0.1) is 0 Å². The Labute approximate surface area is 168 Å². The van der Waals surface area contributed by atoms with Crippen molar-refractivity contribution in [2.24, 2.45) is 5.73 Å². The van der Waals surface area contributed by atoms with Gasteiger partial charge in [0.15, 0.2) is 18.1 Å². The van der Waals surface area contributed by atoms with Crippen LogP contribution in [0.5, 0.6) is 11.5 Å². The molecule has 2 aromatic carbocycles. The van der Waals surface area contributed by atoms with Crippen molar-refractivity contribution in [3.8, 4) is 11.5 Å². The van der Waals surface area contributed by atoms with Crippen LogP contribution in [0.1, 0.15) is 18.1 Å². The highest BCUT2D eigenvalue weighted by atomic mass is 16.5. The third-order valence-electron chi connectivity index (χ3n) is 4.76. The second-order valence-electron chi connectivity index (χ2n) is 6.75. The fourth-order valence-electron chi connectivity index (χ4n) is 3.33. The zero-order valence-corrected chi connectivity index (χ0v) is 16.3. The molecule has 0 aliphatic carbocycles. The molecule has 0 saturated heterocycles. The number of primary amides is 1. The molecule has 8 heteroatoms. The van der Waals surface area contributed by atoms with Gasteiger partial charge in [0.05, 0.1) is 7.11 Å². The number of carbonyl (C=O) groups excluding carboxylic acids is 3. The van der Waals surface area contributed by atoms with Crippen LogP contribution in [-0.2, 0) is 27.3 Å². The number of nitrogens with two attached hydrogens (primary N) is 1. The first-order valence-corrected chi connectivity index (χ1v) is 9.13. The Bertz CT molecular complexity index is 944. The molecule has 0 saturated carbocycles. The Balaban J connectivity index is 1.80. The molecule has 3 N–H and O–H groups in total. The summed E-state index contributed by atoms with van der Waals surface area (Å²) in [5.41, 5.74) is 7.66. The molecule has 1 atom stereocenters. The van der Waals surface area contributed by atoms with Gasteiger partial charge in [0.2, 0.25) is 11.8 Å². The van der Waals surface area contributed by atoms with Crippen molar-refractivity contribution in [1.82, 2.24) is 4.90 Å². The van der Waals surface area contributed by atoms with Gasteiger partial charge in [-0.3, -0.25) is 14.4 Å². The third kappa shape index (κ3) is 4.66. The molecule has 1 aliphatic rings. The number of carbonyl (C=O) groups is 3. The molecule has 0 radical (unpaired) electrons. The normalized spacial score (nSPS) is 15.2. The minimum atomic E-state index is -0.625. The molecule has 0 aromatic heterocycles. The summed E-state index contributed by atoms with van der Waals surface area (Å²) in [7, 11) is 1.47. The Morgan fingerprint density at radius 2 is 1.86 bits per heavy atom. The largest absolute Gasteiger partial charge is 0.493 e. The molecular formula is C21H23N3O5. The fourth-order valence-corrected chi connectivity index (χ4v) is 3.33. The maximum atomic E-state index is 13.0. The molecule has 0 spiro atoms. The summed E-state index contributed by atoms with van der Waals surface area (Å²) in [6.07, 6.45) is 0.433. The predicted molar refractivity (Wildman–Crippen MR) is 106 cm³/mol. The first-order chi connectivity index (χ1) is 13.9. The highest BCUT2D eigenvalue weighted by Crippen LogP contribution is 2.31. The molecule has 0 bridgehead atoms. The molecule has 8 nitrogen and oxygen atoms in total. The number of hydrogen-bond acceptors (Lipinski definition) is 5. The lowest BCUT2D eigenvalue weighted by Gasteiger charge is -2.35. The topological polar surface area (TPSA) is 111 Å². The van der Waals surface area contributed by atoms with Crippen LogP contribution < -0.4 is 20.5 Å². The van der Waals surface area contributed by atoms with E-state index >= 15 is 0 Å². The molecule has 152 valence electrons. The maximum absolute atomic E-state index is 13.0. The number of amides is 3. The van der Waals surface area contributed by atoms with Crippen LogP contribution in [0, 0.1) is 0 Å². The number of methoxy groups -OCH3 is 1. The van der Waals surface area contributed by atoms with E-state index < -0.39 is 11.9 Å². The number of hydrogen-bond donors (Lipinski definition) is 2. The molecule has 0 fully saturated rings. The van der Waals surface area contributed by atoms with Crippen LogP contribution in [0.25, 0.3) is 0 Å². The summed E-state index contributed by atoms with van der Waals surface area (Å²) < 4.78 is 10.5. The first-order valence-electron chi connectivity index (χ1n) is 9.13. The van der Waals surface area contributed by atoms with Crippen LogP contribution in [0.4, 0.5) is 5.69 Å². The van der Waals surface area contributed by atoms with E-state index in [0.29, 0.717) is 24.4 Å². The van der Waals surface area contributed by atoms with E-state index in [1.807, 2.05) is 24.3 Å². The second-order valence-corrected chi connectivity index (χ2v) is 6.75. The molecule has 2 aromatic rings. The Hall–Kier alpha value is -3.55. The average Bonchev–Trinajstić information content (AvgIpc) is 2.71. The smallest absolute Gasteiger partial charge is 0.255 e. The summed E-state index contributed by atoms with van der Waals surface area (Å²) in [5.74, 6) is -0.414. The zero-order valence-electron chi connectivity index (χ0n) is 16.3. The number of rotatable bonds is 6. The van der Waals surface area contributed by atoms with Crippen molar-refractivity contribution < 1.29 is 23.9 Å². The van der Waals surface area contributed by atoms with Crippen molar-refractivity contribution in [3.05, 3.63) is 53.6 Å². The van der Waals surface area contributed by atoms with Gasteiger partial charge in [-0.25, -0.2) is 0 Å². The number of nitrogens with one attached hydrogen (secondary N) is 1. The van der Waals surface area contributed by atoms with Crippen LogP contribution in [-0.4, -0.2) is 42.4 Å². The van der Waals surface area contributed by atoms with E-state index in [2.05, 4.69) is 5.32 Å². The van der Waals surface area contributed by atoms with Crippen molar-refractivity contribution >= 4 is 23.4 Å². The average molecular weight is 397 g/mol. The van der Waals surface area contributed by atoms with Crippen LogP contribution in [0.3, 0.4) is 0 Å². The molecular weight excluding hydrogens is 374 g/mol. The van der Waals surface area contributed by atoms with Gasteiger partial charge in [0, 0.05) is 31.6 Å². The van der Waals surface area contributed by atoms with Gasteiger partial charge in [-0.05, 0) is 23.3 Å². The van der Waals surface area contributed by atoms with E-state index in [1.54, 1.807) is 23.1 Å². The summed E-state index contributed by atoms with van der Waals surface area (Å²) in [6.45, 7) is 1.53. The molecule has 29 heavy (non-hydrogen) atoms. The SMILES string of the molecule is COc1ccc(NC(=O)C2Cc3ccccc3CN2C(C)=O)cc1OCC(N)=O. The molecule has 1 heterocycles. The summed E-state index contributed by atoms with van der Waals surface area (Å²) in [4.78, 5) is 37.7. The Kier molecular flexibility index (Phi) is 6.01. The fraction of sp³-hybridized carbons (Fsp3) is 0.286. The van der Waals surface area contributed by atoms with Gasteiger partial charge < -0.3 is 25.4 Å². The van der Waals surface area contributed by atoms with Gasteiger partial charge in [0.1, 0.15) is 6.04 Å². The minimum Gasteiger partial charge on any atom is -0.493 e. The highest BCUT2D eigenvalue weighted by Gasteiger charge is 2.33. The summed E-state index contributed by atoms with van der Waals surface area (Å²) in [6, 6.07) is 12.0. The predicted octanol–water partition coefficient (Wildman–Crippen LogP) is 1.47. The van der Waals surface area contributed by atoms with E-state index in [-0.39, 0.29) is 24.2 Å². The molecule has 1 aliphatic heterocycles. The standard InChI is InChI=1S/C21H23N3O5/c1-13(25)24-11-15-6-4-3-5-14(15)9-17(24)21(27)23-16-7-8-18(28-2)19(10-16)29-12-20(22)26/h3-8,10,17H,9,11-12H2,1-2H3,(H2,22,26)(H,23,27). The van der Waals surface area contributed by atoms with Crippen molar-refractivity contribution in [1.29, 1.82) is 0 Å². The summed E-state index contributed by atoms with van der Waals surface area (Å²) >= 11 is 0. The van der Waals surface area contributed by atoms with Crippen molar-refractivity contribution in [2.45, 2.75) is 25.9 Å². The zero-order chi connectivity index (χ0) is 21.0. The number of ether oxygens (including phenoxy) is 2. The maximum Gasteiger partial charge on any atom is 0.255 e. The lowest BCUT2D eigenvalue weighted by Crippen LogP contribution is -2.49. The van der Waals surface area contributed by atoms with E-state index in [9.17, 15) is 14.4 Å². The molecule has 1 unspecified atom stereocenters. The lowest BCUT2D eigenvalue weighted by atomic mass is 9.93. The van der Waals surface area contributed by atoms with E-state index in [1.165, 1.54) is 14.0 Å². The lowest BCUT2D eigenvalue weighted by molar-refractivity contribution is -0.138. The monoisotopic (exact) mass is 397 g/mol. The quantitative estimate of drug-likeness (QED) is 0.767. The van der Waals surface area contributed by atoms with Gasteiger partial charge >= 0.3 is 0 Å². The number of benzene rings is 2. The van der Waals surface area contributed by atoms with Gasteiger partial charge in [-0.1, -0.05) is 24.3 Å². The van der Waals surface area contributed by atoms with Gasteiger partial charge in [0.25, 0.3) is 5.91 Å². The highest BCUT2D eigenvalue weighted by molar-refractivity contribution is 5.97. The van der Waals surface area contributed by atoms with Crippen molar-refractivity contribution in [3.63, 3.8) is 0 Å². The number of nitrogens with zero attached hydrogens (tertiary/aromatic N) is 1. The van der Waals surface area contributed by atoms with Crippen LogP contribution in [0.15, 0.2) is 42.5 Å². The van der Waals surface area contributed by atoms with Crippen LogP contribution >= 0.6 is 0 Å². The van der Waals surface area contributed by atoms with Gasteiger partial charge in [-0.2, -0.15) is 0 Å². The third-order valence-corrected chi connectivity index (χ3v) is 4.76. The first kappa shape index (κ1) is 20.2. The Morgan fingerprint density at radius 3 is 2.52 bits per heavy atom. The Morgan fingerprint density at radius 1 is 1.14 bits per heavy atom. The number of anilines is 1.